The molecule has 0 bridgehead atoms. The van der Waals surface area contributed by atoms with E-state index in [1.165, 1.54) is 29.0 Å². The number of benzene rings is 1. The molecule has 0 aliphatic carbocycles. The lowest BCUT2D eigenvalue weighted by Gasteiger charge is -2.37. The summed E-state index contributed by atoms with van der Waals surface area (Å²) >= 11 is 5.73. The van der Waals surface area contributed by atoms with Crippen molar-refractivity contribution in [2.45, 2.75) is 135 Å². The second kappa shape index (κ2) is 21.8. The fourth-order valence-electron chi connectivity index (χ4n) is 6.35. The largest absolute Gasteiger partial charge is 0.508 e. The molecule has 7 N–H and O–H groups in total. The molecule has 288 valence electrons. The van der Waals surface area contributed by atoms with E-state index < -0.39 is 65.9 Å². The summed E-state index contributed by atoms with van der Waals surface area (Å²) in [5, 5.41) is 35.5. The van der Waals surface area contributed by atoms with Crippen LogP contribution in [0.1, 0.15) is 97.5 Å². The minimum Gasteiger partial charge on any atom is -0.508 e. The van der Waals surface area contributed by atoms with Gasteiger partial charge in [0.25, 0.3) is 5.91 Å². The van der Waals surface area contributed by atoms with Gasteiger partial charge in [-0.05, 0) is 61.6 Å². The summed E-state index contributed by atoms with van der Waals surface area (Å²) in [5.74, 6) is -3.24. The maximum atomic E-state index is 14.2. The van der Waals surface area contributed by atoms with Gasteiger partial charge in [0.05, 0.1) is 0 Å². The van der Waals surface area contributed by atoms with E-state index in [9.17, 15) is 39.3 Å². The first-order valence-corrected chi connectivity index (χ1v) is 18.8. The SMILES string of the molecule is CC[C@H](C)[C@H](NC(=O)[C@H](O)[C@H](N)CCCCCCCCl)C(=O)N(C)[C@@H](CC(C)C)C(=O)N1CCC[C@H]1C(=O)N[C@@H](Cc1ccc(O)cc1)C(=O)O. The second-order valence-electron chi connectivity index (χ2n) is 14.3. The molecule has 13 nitrogen and oxygen atoms in total. The van der Waals surface area contributed by atoms with Gasteiger partial charge in [-0.15, -0.1) is 11.6 Å². The number of aliphatic hydroxyl groups is 1. The summed E-state index contributed by atoms with van der Waals surface area (Å²) in [5.41, 5.74) is 6.77. The zero-order valence-corrected chi connectivity index (χ0v) is 31.6. The molecule has 2 rings (SSSR count). The van der Waals surface area contributed by atoms with Gasteiger partial charge in [0.2, 0.25) is 17.7 Å². The Balaban J connectivity index is 2.19. The molecule has 0 unspecified atom stereocenters. The Morgan fingerprint density at radius 3 is 2.24 bits per heavy atom. The van der Waals surface area contributed by atoms with Crippen LogP contribution in [0.25, 0.3) is 0 Å². The molecule has 1 aliphatic rings. The normalized spacial score (nSPS) is 18.0. The minimum absolute atomic E-state index is 0.0165. The zero-order chi connectivity index (χ0) is 38.2. The number of phenolic OH excluding ortho intramolecular Hbond substituents is 1. The molecule has 1 heterocycles. The van der Waals surface area contributed by atoms with Crippen molar-refractivity contribution in [3.8, 4) is 5.75 Å². The first-order valence-electron chi connectivity index (χ1n) is 18.3. The number of aromatic hydroxyl groups is 1. The average molecular weight is 738 g/mol. The maximum Gasteiger partial charge on any atom is 0.326 e. The predicted octanol–water partition coefficient (Wildman–Crippen LogP) is 3.17. The highest BCUT2D eigenvalue weighted by atomic mass is 35.5. The standard InChI is InChI=1S/C37H60ClN5O8/c1-6-24(4)31(41-34(47)32(45)27(39)13-10-8-7-9-11-19-38)36(49)42(5)30(21-23(2)3)35(48)43-20-12-14-29(43)33(46)40-28(37(50)51)22-25-15-17-26(44)18-16-25/h15-18,23-24,27-32,44-45H,6-14,19-22,39H2,1-5H3,(H,40,46)(H,41,47)(H,50,51)/t24-,27+,28-,29-,30-,31-,32+/m0/s1. The van der Waals surface area contributed by atoms with Gasteiger partial charge in [0.1, 0.15) is 36.0 Å². The lowest BCUT2D eigenvalue weighted by atomic mass is 9.94. The van der Waals surface area contributed by atoms with Crippen LogP contribution in [0.2, 0.25) is 0 Å². The number of nitrogens with zero attached hydrogens (tertiary/aromatic N) is 2. The van der Waals surface area contributed by atoms with Crippen LogP contribution in [-0.4, -0.2) is 111 Å². The fraction of sp³-hybridized carbons (Fsp3) is 0.703. The van der Waals surface area contributed by atoms with E-state index in [2.05, 4.69) is 10.6 Å². The lowest BCUT2D eigenvalue weighted by molar-refractivity contribution is -0.150. The average Bonchev–Trinajstić information content (AvgIpc) is 3.60. The molecule has 7 atom stereocenters. The van der Waals surface area contributed by atoms with Gasteiger partial charge >= 0.3 is 5.97 Å². The molecule has 14 heteroatoms. The third kappa shape index (κ3) is 13.6. The third-order valence-electron chi connectivity index (χ3n) is 9.75. The van der Waals surface area contributed by atoms with Crippen molar-refractivity contribution in [2.75, 3.05) is 19.5 Å². The number of unbranched alkanes of at least 4 members (excludes halogenated alkanes) is 4. The van der Waals surface area contributed by atoms with Gasteiger partial charge in [0, 0.05) is 31.9 Å². The number of alkyl halides is 1. The first kappa shape index (κ1) is 43.7. The smallest absolute Gasteiger partial charge is 0.326 e. The highest BCUT2D eigenvalue weighted by Crippen LogP contribution is 2.24. The molecule has 1 fully saturated rings. The number of likely N-dealkylation sites (N-methyl/N-ethyl adjacent to an activating group) is 1. The summed E-state index contributed by atoms with van der Waals surface area (Å²) < 4.78 is 0. The van der Waals surface area contributed by atoms with Crippen molar-refractivity contribution in [1.29, 1.82) is 0 Å². The fourth-order valence-corrected chi connectivity index (χ4v) is 6.54. The number of carbonyl (C=O) groups excluding carboxylic acids is 4. The quantitative estimate of drug-likeness (QED) is 0.0764. The number of carbonyl (C=O) groups is 5. The summed E-state index contributed by atoms with van der Waals surface area (Å²) in [7, 11) is 1.50. The van der Waals surface area contributed by atoms with Crippen LogP contribution in [-0.2, 0) is 30.4 Å². The van der Waals surface area contributed by atoms with Crippen LogP contribution < -0.4 is 16.4 Å². The summed E-state index contributed by atoms with van der Waals surface area (Å²) in [6, 6.07) is 1.00. The summed E-state index contributed by atoms with van der Waals surface area (Å²) in [6.45, 7) is 7.76. The van der Waals surface area contributed by atoms with Crippen molar-refractivity contribution < 1.29 is 39.3 Å². The molecule has 1 saturated heterocycles. The number of phenols is 1. The van der Waals surface area contributed by atoms with E-state index in [0.29, 0.717) is 37.1 Å². The van der Waals surface area contributed by atoms with E-state index in [1.807, 2.05) is 20.8 Å². The Morgan fingerprint density at radius 1 is 1.02 bits per heavy atom. The molecule has 0 spiro atoms. The molecule has 0 saturated carbocycles. The Bertz CT molecular complexity index is 1280. The number of carboxylic acid groups (broad SMARTS) is 1. The number of halogens is 1. The topological polar surface area (TPSA) is 203 Å². The Morgan fingerprint density at radius 2 is 1.65 bits per heavy atom. The Labute approximate surface area is 307 Å². The maximum absolute atomic E-state index is 14.2. The number of amides is 4. The van der Waals surface area contributed by atoms with Gasteiger partial charge in [-0.25, -0.2) is 4.79 Å². The van der Waals surface area contributed by atoms with Crippen LogP contribution in [0.3, 0.4) is 0 Å². The van der Waals surface area contributed by atoms with Crippen molar-refractivity contribution >= 4 is 41.2 Å². The molecular weight excluding hydrogens is 678 g/mol. The highest BCUT2D eigenvalue weighted by Gasteiger charge is 2.42. The van der Waals surface area contributed by atoms with E-state index in [1.54, 1.807) is 19.1 Å². The lowest BCUT2D eigenvalue weighted by Crippen LogP contribution is -2.60. The Hall–Kier alpha value is -3.42. The van der Waals surface area contributed by atoms with Gasteiger partial charge in [0.15, 0.2) is 0 Å². The number of aliphatic carboxylic acids is 1. The number of hydrogen-bond donors (Lipinski definition) is 6. The van der Waals surface area contributed by atoms with E-state index in [0.717, 1.165) is 32.1 Å². The number of likely N-dealkylation sites (tertiary alicyclic amines) is 1. The van der Waals surface area contributed by atoms with Crippen LogP contribution >= 0.6 is 11.6 Å². The number of aliphatic hydroxyl groups excluding tert-OH is 1. The number of nitrogens with two attached hydrogens (primary N) is 1. The second-order valence-corrected chi connectivity index (χ2v) is 14.7. The highest BCUT2D eigenvalue weighted by molar-refractivity contribution is 6.17. The van der Waals surface area contributed by atoms with Crippen LogP contribution in [0.5, 0.6) is 5.75 Å². The zero-order valence-electron chi connectivity index (χ0n) is 30.9. The van der Waals surface area contributed by atoms with E-state index >= 15 is 0 Å². The number of hydrogen-bond acceptors (Lipinski definition) is 8. The number of carboxylic acids is 1. The van der Waals surface area contributed by atoms with Crippen molar-refractivity contribution in [3.05, 3.63) is 29.8 Å². The predicted molar refractivity (Wildman–Crippen MR) is 196 cm³/mol. The minimum atomic E-state index is -1.52. The van der Waals surface area contributed by atoms with Crippen LogP contribution in [0.4, 0.5) is 0 Å². The van der Waals surface area contributed by atoms with Crippen molar-refractivity contribution in [3.63, 3.8) is 0 Å². The summed E-state index contributed by atoms with van der Waals surface area (Å²) in [6.07, 6.45) is 5.14. The van der Waals surface area contributed by atoms with Gasteiger partial charge in [-0.2, -0.15) is 0 Å². The molecule has 51 heavy (non-hydrogen) atoms. The van der Waals surface area contributed by atoms with E-state index in [-0.39, 0.29) is 37.0 Å². The summed E-state index contributed by atoms with van der Waals surface area (Å²) in [4.78, 5) is 69.8. The molecule has 0 radical (unpaired) electrons. The molecular formula is C37H60ClN5O8. The van der Waals surface area contributed by atoms with Crippen LogP contribution in [0.15, 0.2) is 24.3 Å². The monoisotopic (exact) mass is 737 g/mol. The van der Waals surface area contributed by atoms with Crippen molar-refractivity contribution in [2.24, 2.45) is 17.6 Å². The molecule has 0 aromatic heterocycles. The first-order chi connectivity index (χ1) is 24.1. The van der Waals surface area contributed by atoms with Crippen molar-refractivity contribution in [1.82, 2.24) is 20.4 Å². The molecule has 1 aromatic carbocycles. The molecule has 4 amide bonds. The Kier molecular flexibility index (Phi) is 18.7. The molecule has 1 aromatic rings. The third-order valence-corrected chi connectivity index (χ3v) is 10.0. The van der Waals surface area contributed by atoms with Gasteiger partial charge in [-0.3, -0.25) is 19.2 Å². The van der Waals surface area contributed by atoms with Gasteiger partial charge < -0.3 is 41.5 Å². The van der Waals surface area contributed by atoms with Crippen LogP contribution in [0, 0.1) is 11.8 Å². The number of nitrogens with one attached hydrogen (secondary N) is 2. The van der Waals surface area contributed by atoms with Gasteiger partial charge in [-0.1, -0.05) is 71.9 Å². The number of rotatable bonds is 22. The van der Waals surface area contributed by atoms with E-state index in [4.69, 9.17) is 17.3 Å². The molecule has 1 aliphatic heterocycles.